The second kappa shape index (κ2) is 4.69. The molecule has 1 aromatic rings. The zero-order valence-corrected chi connectivity index (χ0v) is 10.6. The van der Waals surface area contributed by atoms with E-state index in [2.05, 4.69) is 52.8 Å². The van der Waals surface area contributed by atoms with Crippen LogP contribution in [0.15, 0.2) is 18.2 Å². The summed E-state index contributed by atoms with van der Waals surface area (Å²) in [5.41, 5.74) is 2.86. The fraction of sp³-hybridized carbons (Fsp3) is 0.571. The summed E-state index contributed by atoms with van der Waals surface area (Å²) in [5, 5.41) is 0. The fourth-order valence-corrected chi connectivity index (χ4v) is 1.43. The molecule has 84 valence electrons. The van der Waals surface area contributed by atoms with Crippen LogP contribution in [-0.4, -0.2) is 6.61 Å². The van der Waals surface area contributed by atoms with Gasteiger partial charge in [-0.2, -0.15) is 0 Å². The molecule has 0 saturated carbocycles. The summed E-state index contributed by atoms with van der Waals surface area (Å²) in [6.07, 6.45) is 1.08. The van der Waals surface area contributed by atoms with Crippen molar-refractivity contribution in [3.63, 3.8) is 0 Å². The van der Waals surface area contributed by atoms with Crippen molar-refractivity contribution in [2.45, 2.75) is 41.0 Å². The maximum atomic E-state index is 5.77. The van der Waals surface area contributed by atoms with Gasteiger partial charge in [-0.15, -0.1) is 0 Å². The Labute approximate surface area is 93.5 Å². The summed E-state index contributed by atoms with van der Waals surface area (Å²) < 4.78 is 5.77. The van der Waals surface area contributed by atoms with Crippen molar-refractivity contribution in [1.29, 1.82) is 0 Å². The Bertz CT molecular complexity index is 321. The zero-order chi connectivity index (χ0) is 11.5. The Morgan fingerprint density at radius 3 is 2.33 bits per heavy atom. The molecule has 0 aliphatic heterocycles. The van der Waals surface area contributed by atoms with Gasteiger partial charge in [0.25, 0.3) is 0 Å². The first-order chi connectivity index (χ1) is 6.88. The van der Waals surface area contributed by atoms with Crippen LogP contribution in [0.4, 0.5) is 0 Å². The lowest BCUT2D eigenvalue weighted by atomic mass is 9.93. The molecular formula is C14H22O. The first-order valence-corrected chi connectivity index (χ1v) is 5.58. The van der Waals surface area contributed by atoms with E-state index in [1.165, 1.54) is 11.1 Å². The minimum Gasteiger partial charge on any atom is -0.493 e. The van der Waals surface area contributed by atoms with E-state index in [0.29, 0.717) is 5.41 Å². The standard InChI is InChI=1S/C14H22O/c1-11-6-7-13(12(2)10-11)15-9-8-14(3,4)5/h6-7,10H,8-9H2,1-5H3. The van der Waals surface area contributed by atoms with Gasteiger partial charge in [0.2, 0.25) is 0 Å². The average Bonchev–Trinajstić information content (AvgIpc) is 2.07. The van der Waals surface area contributed by atoms with Crippen LogP contribution in [0.3, 0.4) is 0 Å². The van der Waals surface area contributed by atoms with Crippen molar-refractivity contribution in [2.75, 3.05) is 6.61 Å². The lowest BCUT2D eigenvalue weighted by molar-refractivity contribution is 0.242. The topological polar surface area (TPSA) is 9.23 Å². The second-order valence-electron chi connectivity index (χ2n) is 5.43. The van der Waals surface area contributed by atoms with E-state index >= 15 is 0 Å². The summed E-state index contributed by atoms with van der Waals surface area (Å²) in [5.74, 6) is 1.02. The van der Waals surface area contributed by atoms with Crippen molar-refractivity contribution in [3.8, 4) is 5.75 Å². The average molecular weight is 206 g/mol. The Morgan fingerprint density at radius 1 is 1.13 bits per heavy atom. The Kier molecular flexibility index (Phi) is 3.78. The van der Waals surface area contributed by atoms with Gasteiger partial charge in [0.05, 0.1) is 6.61 Å². The molecule has 1 nitrogen and oxygen atoms in total. The van der Waals surface area contributed by atoms with Crippen LogP contribution in [-0.2, 0) is 0 Å². The van der Waals surface area contributed by atoms with Crippen LogP contribution in [0.1, 0.15) is 38.3 Å². The Balaban J connectivity index is 2.51. The van der Waals surface area contributed by atoms with Crippen molar-refractivity contribution in [1.82, 2.24) is 0 Å². The van der Waals surface area contributed by atoms with E-state index in [4.69, 9.17) is 4.74 Å². The molecule has 0 radical (unpaired) electrons. The molecule has 0 spiro atoms. The van der Waals surface area contributed by atoms with Gasteiger partial charge >= 0.3 is 0 Å². The van der Waals surface area contributed by atoms with Gasteiger partial charge in [-0.1, -0.05) is 38.5 Å². The number of benzene rings is 1. The normalized spacial score (nSPS) is 11.5. The molecule has 0 unspecified atom stereocenters. The molecular weight excluding hydrogens is 184 g/mol. The van der Waals surface area contributed by atoms with Gasteiger partial charge in [0.1, 0.15) is 5.75 Å². The summed E-state index contributed by atoms with van der Waals surface area (Å²) in [7, 11) is 0. The summed E-state index contributed by atoms with van der Waals surface area (Å²) in [4.78, 5) is 0. The lowest BCUT2D eigenvalue weighted by Crippen LogP contribution is -2.11. The Morgan fingerprint density at radius 2 is 1.80 bits per heavy atom. The van der Waals surface area contributed by atoms with E-state index in [1.54, 1.807) is 0 Å². The van der Waals surface area contributed by atoms with E-state index in [0.717, 1.165) is 18.8 Å². The molecule has 0 aliphatic rings. The Hall–Kier alpha value is -0.980. The third-order valence-corrected chi connectivity index (χ3v) is 2.44. The van der Waals surface area contributed by atoms with Gasteiger partial charge < -0.3 is 4.74 Å². The van der Waals surface area contributed by atoms with Crippen LogP contribution in [0, 0.1) is 19.3 Å². The number of ether oxygens (including phenoxy) is 1. The van der Waals surface area contributed by atoms with Gasteiger partial charge in [-0.05, 0) is 37.3 Å². The lowest BCUT2D eigenvalue weighted by Gasteiger charge is -2.18. The zero-order valence-electron chi connectivity index (χ0n) is 10.6. The largest absolute Gasteiger partial charge is 0.493 e. The maximum Gasteiger partial charge on any atom is 0.122 e. The van der Waals surface area contributed by atoms with Crippen LogP contribution in [0.25, 0.3) is 0 Å². The molecule has 0 heterocycles. The minimum absolute atomic E-state index is 0.346. The van der Waals surface area contributed by atoms with Crippen LogP contribution in [0.2, 0.25) is 0 Å². The predicted molar refractivity (Wildman–Crippen MR) is 65.5 cm³/mol. The predicted octanol–water partition coefficient (Wildman–Crippen LogP) is 4.12. The quantitative estimate of drug-likeness (QED) is 0.723. The van der Waals surface area contributed by atoms with Gasteiger partial charge in [-0.25, -0.2) is 0 Å². The molecule has 0 amide bonds. The second-order valence-corrected chi connectivity index (χ2v) is 5.43. The first-order valence-electron chi connectivity index (χ1n) is 5.58. The highest BCUT2D eigenvalue weighted by Gasteiger charge is 2.10. The molecule has 0 atom stereocenters. The molecule has 15 heavy (non-hydrogen) atoms. The third kappa shape index (κ3) is 4.37. The number of hydrogen-bond acceptors (Lipinski definition) is 1. The fourth-order valence-electron chi connectivity index (χ4n) is 1.43. The number of rotatable bonds is 3. The highest BCUT2D eigenvalue weighted by atomic mass is 16.5. The first kappa shape index (κ1) is 12.1. The van der Waals surface area contributed by atoms with Crippen LogP contribution >= 0.6 is 0 Å². The molecule has 0 N–H and O–H groups in total. The molecule has 0 saturated heterocycles. The highest BCUT2D eigenvalue weighted by molar-refractivity contribution is 5.35. The molecule has 0 aromatic heterocycles. The maximum absolute atomic E-state index is 5.77. The molecule has 0 fully saturated rings. The SMILES string of the molecule is Cc1ccc(OCCC(C)(C)C)c(C)c1. The summed E-state index contributed by atoms with van der Waals surface area (Å²) in [6.45, 7) is 11.7. The highest BCUT2D eigenvalue weighted by Crippen LogP contribution is 2.22. The molecule has 1 rings (SSSR count). The van der Waals surface area contributed by atoms with E-state index in [-0.39, 0.29) is 0 Å². The number of aryl methyl sites for hydroxylation is 2. The molecule has 0 bridgehead atoms. The van der Waals surface area contributed by atoms with E-state index in [1.807, 2.05) is 0 Å². The monoisotopic (exact) mass is 206 g/mol. The molecule has 1 aromatic carbocycles. The third-order valence-electron chi connectivity index (χ3n) is 2.44. The van der Waals surface area contributed by atoms with Crippen LogP contribution < -0.4 is 4.74 Å². The van der Waals surface area contributed by atoms with Crippen LogP contribution in [0.5, 0.6) is 5.75 Å². The summed E-state index contributed by atoms with van der Waals surface area (Å²) >= 11 is 0. The van der Waals surface area contributed by atoms with Crippen molar-refractivity contribution in [3.05, 3.63) is 29.3 Å². The minimum atomic E-state index is 0.346. The summed E-state index contributed by atoms with van der Waals surface area (Å²) in [6, 6.07) is 6.32. The van der Waals surface area contributed by atoms with Gasteiger partial charge in [0, 0.05) is 0 Å². The molecule has 1 heteroatoms. The number of hydrogen-bond donors (Lipinski definition) is 0. The van der Waals surface area contributed by atoms with Crippen molar-refractivity contribution in [2.24, 2.45) is 5.41 Å². The smallest absolute Gasteiger partial charge is 0.122 e. The molecule has 0 aliphatic carbocycles. The van der Waals surface area contributed by atoms with E-state index < -0.39 is 0 Å². The van der Waals surface area contributed by atoms with Crippen molar-refractivity contribution < 1.29 is 4.74 Å². The van der Waals surface area contributed by atoms with Crippen molar-refractivity contribution >= 4 is 0 Å². The van der Waals surface area contributed by atoms with Gasteiger partial charge in [-0.3, -0.25) is 0 Å². The van der Waals surface area contributed by atoms with Gasteiger partial charge in [0.15, 0.2) is 0 Å². The van der Waals surface area contributed by atoms with E-state index in [9.17, 15) is 0 Å².